The molecule has 1 unspecified atom stereocenters. The fourth-order valence-corrected chi connectivity index (χ4v) is 6.68. The van der Waals surface area contributed by atoms with Gasteiger partial charge in [-0.05, 0) is 53.6 Å². The molecule has 0 radical (unpaired) electrons. The van der Waals surface area contributed by atoms with Gasteiger partial charge in [0.25, 0.3) is 5.78 Å². The number of fused-ring (bicyclic) bond motifs is 1. The molecule has 1 saturated heterocycles. The fraction of sp³-hybridized carbons (Fsp3) is 0.200. The van der Waals surface area contributed by atoms with Crippen LogP contribution < -0.4 is 19.3 Å². The second-order valence-electron chi connectivity index (χ2n) is 9.78. The van der Waals surface area contributed by atoms with Crippen LogP contribution in [0.3, 0.4) is 0 Å². The molecule has 12 heteroatoms. The van der Waals surface area contributed by atoms with Crippen molar-refractivity contribution in [2.75, 3.05) is 37.1 Å². The van der Waals surface area contributed by atoms with Gasteiger partial charge < -0.3 is 19.5 Å². The molecule has 1 aromatic heterocycles. The van der Waals surface area contributed by atoms with Crippen molar-refractivity contribution in [3.8, 4) is 11.5 Å². The summed E-state index contributed by atoms with van der Waals surface area (Å²) >= 11 is 8.67. The number of hydrogen-bond donors (Lipinski definition) is 1. The molecule has 1 atom stereocenters. The highest BCUT2D eigenvalue weighted by molar-refractivity contribution is 8.00. The monoisotopic (exact) mass is 620 g/mol. The molecule has 0 aliphatic carbocycles. The molecule has 6 rings (SSSR count). The van der Waals surface area contributed by atoms with E-state index in [2.05, 4.69) is 10.2 Å². The van der Waals surface area contributed by atoms with Gasteiger partial charge in [0.1, 0.15) is 19.0 Å². The Kier molecular flexibility index (Phi) is 7.80. The lowest BCUT2D eigenvalue weighted by molar-refractivity contribution is -0.132. The molecule has 3 aromatic carbocycles. The highest BCUT2D eigenvalue weighted by Crippen LogP contribution is 2.45. The maximum atomic E-state index is 13.6. The number of aliphatic hydroxyl groups is 1. The number of hydrogen-bond acceptors (Lipinski definition) is 10. The predicted octanol–water partition coefficient (Wildman–Crippen LogP) is 5.95. The first-order chi connectivity index (χ1) is 20.3. The number of aromatic nitrogens is 2. The minimum Gasteiger partial charge on any atom is -0.507 e. The lowest BCUT2D eigenvalue weighted by Crippen LogP contribution is -2.29. The molecule has 1 N–H and O–H groups in total. The van der Waals surface area contributed by atoms with Gasteiger partial charge in [0.05, 0.1) is 11.6 Å². The first kappa shape index (κ1) is 28.1. The first-order valence-electron chi connectivity index (χ1n) is 13.0. The van der Waals surface area contributed by atoms with Gasteiger partial charge in [-0.15, -0.1) is 10.2 Å². The van der Waals surface area contributed by atoms with Gasteiger partial charge in [-0.1, -0.05) is 59.0 Å². The molecule has 42 heavy (non-hydrogen) atoms. The summed E-state index contributed by atoms with van der Waals surface area (Å²) in [6.07, 6.45) is 0. The van der Waals surface area contributed by atoms with Gasteiger partial charge in [0, 0.05) is 36.1 Å². The van der Waals surface area contributed by atoms with Crippen LogP contribution in [0.25, 0.3) is 5.76 Å². The maximum absolute atomic E-state index is 13.6. The van der Waals surface area contributed by atoms with E-state index in [0.717, 1.165) is 11.3 Å². The SMILES string of the molecule is CN(C)c1ccc(C2C(=C(O)c3ccc4c(c3)OCCO4)C(=O)C(=O)N2c2nnc(SCc3ccc(Cl)cc3)s2)cc1. The molecule has 214 valence electrons. The number of nitrogens with zero attached hydrogens (tertiary/aromatic N) is 4. The Labute approximate surface area is 255 Å². The van der Waals surface area contributed by atoms with E-state index in [0.29, 0.717) is 51.0 Å². The zero-order valence-electron chi connectivity index (χ0n) is 22.6. The topological polar surface area (TPSA) is 105 Å². The van der Waals surface area contributed by atoms with E-state index in [1.165, 1.54) is 28.0 Å². The van der Waals surface area contributed by atoms with Crippen LogP contribution in [0.2, 0.25) is 5.02 Å². The molecule has 0 saturated carbocycles. The summed E-state index contributed by atoms with van der Waals surface area (Å²) in [6, 6.07) is 19.0. The molecule has 0 spiro atoms. The third-order valence-corrected chi connectivity index (χ3v) is 9.24. The van der Waals surface area contributed by atoms with Gasteiger partial charge in [-0.2, -0.15) is 0 Å². The van der Waals surface area contributed by atoms with Crippen molar-refractivity contribution in [2.24, 2.45) is 0 Å². The van der Waals surface area contributed by atoms with Gasteiger partial charge in [0.15, 0.2) is 15.8 Å². The third kappa shape index (κ3) is 5.42. The number of carbonyl (C=O) groups excluding carboxylic acids is 2. The molecule has 2 aliphatic rings. The van der Waals surface area contributed by atoms with E-state index in [4.69, 9.17) is 21.1 Å². The smallest absolute Gasteiger partial charge is 0.301 e. The predicted molar refractivity (Wildman–Crippen MR) is 164 cm³/mol. The molecule has 1 fully saturated rings. The van der Waals surface area contributed by atoms with Crippen molar-refractivity contribution in [1.29, 1.82) is 0 Å². The summed E-state index contributed by atoms with van der Waals surface area (Å²) in [4.78, 5) is 30.4. The zero-order valence-corrected chi connectivity index (χ0v) is 25.0. The summed E-state index contributed by atoms with van der Waals surface area (Å²) in [5, 5.41) is 21.0. The summed E-state index contributed by atoms with van der Waals surface area (Å²) < 4.78 is 11.9. The van der Waals surface area contributed by atoms with Gasteiger partial charge in [-0.3, -0.25) is 14.5 Å². The summed E-state index contributed by atoms with van der Waals surface area (Å²) in [7, 11) is 3.85. The van der Waals surface area contributed by atoms with Crippen LogP contribution in [-0.2, 0) is 15.3 Å². The van der Waals surface area contributed by atoms with Crippen LogP contribution in [0.5, 0.6) is 11.5 Å². The Bertz CT molecular complexity index is 1690. The molecular weight excluding hydrogens is 596 g/mol. The molecule has 2 aliphatic heterocycles. The van der Waals surface area contributed by atoms with Crippen LogP contribution in [0.15, 0.2) is 76.6 Å². The van der Waals surface area contributed by atoms with Gasteiger partial charge >= 0.3 is 5.91 Å². The number of halogens is 1. The Morgan fingerprint density at radius 3 is 2.45 bits per heavy atom. The van der Waals surface area contributed by atoms with Crippen LogP contribution in [0, 0.1) is 0 Å². The Morgan fingerprint density at radius 1 is 1.02 bits per heavy atom. The summed E-state index contributed by atoms with van der Waals surface area (Å²) in [6.45, 7) is 0.795. The Morgan fingerprint density at radius 2 is 1.74 bits per heavy atom. The number of carbonyl (C=O) groups is 2. The average Bonchev–Trinajstić information content (AvgIpc) is 3.58. The highest BCUT2D eigenvalue weighted by Gasteiger charge is 2.48. The lowest BCUT2D eigenvalue weighted by Gasteiger charge is -2.23. The van der Waals surface area contributed by atoms with Crippen molar-refractivity contribution in [1.82, 2.24) is 10.2 Å². The van der Waals surface area contributed by atoms with Gasteiger partial charge in [-0.25, -0.2) is 0 Å². The number of benzene rings is 3. The number of Topliss-reactive ketones (excluding diaryl/α,β-unsaturated/α-hetero) is 1. The van der Waals surface area contributed by atoms with Crippen LogP contribution in [-0.4, -0.2) is 54.3 Å². The third-order valence-electron chi connectivity index (χ3n) is 6.86. The van der Waals surface area contributed by atoms with Crippen LogP contribution in [0.4, 0.5) is 10.8 Å². The van der Waals surface area contributed by atoms with E-state index < -0.39 is 17.7 Å². The van der Waals surface area contributed by atoms with E-state index in [1.54, 1.807) is 18.2 Å². The summed E-state index contributed by atoms with van der Waals surface area (Å²) in [5.74, 6) is -0.277. The first-order valence-corrected chi connectivity index (χ1v) is 15.2. The molecular formula is C30H25ClN4O5S2. The number of amides is 1. The largest absolute Gasteiger partial charge is 0.507 e. The Hall–Kier alpha value is -4.06. The molecule has 9 nitrogen and oxygen atoms in total. The standard InChI is InChI=1S/C30H25ClN4O5S2/c1-34(2)21-10-5-18(6-11-21)25-24(26(36)19-7-12-22-23(15-19)40-14-13-39-22)27(37)28(38)35(25)29-32-33-30(42-29)41-16-17-3-8-20(31)9-4-17/h3-12,15,25,36H,13-14,16H2,1-2H3. The van der Waals surface area contributed by atoms with Crippen LogP contribution in [0.1, 0.15) is 22.7 Å². The highest BCUT2D eigenvalue weighted by atomic mass is 35.5. The molecule has 4 aromatic rings. The maximum Gasteiger partial charge on any atom is 0.301 e. The normalized spacial score (nSPS) is 17.5. The fourth-order valence-electron chi connectivity index (χ4n) is 4.73. The number of thioether (sulfide) groups is 1. The van der Waals surface area contributed by atoms with Crippen molar-refractivity contribution in [3.05, 3.63) is 94.0 Å². The average molecular weight is 621 g/mol. The number of anilines is 2. The van der Waals surface area contributed by atoms with Crippen molar-refractivity contribution >= 4 is 63.0 Å². The van der Waals surface area contributed by atoms with Crippen molar-refractivity contribution in [3.63, 3.8) is 0 Å². The minimum absolute atomic E-state index is 0.0418. The number of aliphatic hydroxyl groups excluding tert-OH is 1. The zero-order chi connectivity index (χ0) is 29.4. The molecule has 1 amide bonds. The van der Waals surface area contributed by atoms with Gasteiger partial charge in [0.2, 0.25) is 5.13 Å². The van der Waals surface area contributed by atoms with E-state index >= 15 is 0 Å². The number of ether oxygens (including phenoxy) is 2. The Balaban J connectivity index is 1.39. The van der Waals surface area contributed by atoms with E-state index in [9.17, 15) is 14.7 Å². The lowest BCUT2D eigenvalue weighted by atomic mass is 9.95. The van der Waals surface area contributed by atoms with Crippen LogP contribution >= 0.6 is 34.7 Å². The number of rotatable bonds is 7. The summed E-state index contributed by atoms with van der Waals surface area (Å²) in [5.41, 5.74) is 2.94. The number of ketones is 1. The van der Waals surface area contributed by atoms with Crippen molar-refractivity contribution < 1.29 is 24.2 Å². The molecule has 0 bridgehead atoms. The van der Waals surface area contributed by atoms with E-state index in [1.807, 2.05) is 67.5 Å². The second kappa shape index (κ2) is 11.7. The minimum atomic E-state index is -0.920. The second-order valence-corrected chi connectivity index (χ2v) is 12.4. The van der Waals surface area contributed by atoms with E-state index in [-0.39, 0.29) is 16.5 Å². The van der Waals surface area contributed by atoms with Crippen molar-refractivity contribution in [2.45, 2.75) is 16.1 Å². The molecule has 3 heterocycles. The quantitative estimate of drug-likeness (QED) is 0.0882.